The van der Waals surface area contributed by atoms with Crippen LogP contribution in [0.25, 0.3) is 0 Å². The van der Waals surface area contributed by atoms with Gasteiger partial charge in [0.05, 0.1) is 16.9 Å². The first-order valence-corrected chi connectivity index (χ1v) is 6.13. The molecule has 0 spiro atoms. The van der Waals surface area contributed by atoms with Crippen molar-refractivity contribution >= 4 is 23.1 Å². The summed E-state index contributed by atoms with van der Waals surface area (Å²) in [5.74, 6) is 0.176. The Balaban J connectivity index is 1.87. The fourth-order valence-corrected chi connectivity index (χ4v) is 2.47. The molecule has 0 aliphatic carbocycles. The van der Waals surface area contributed by atoms with Gasteiger partial charge in [-0.15, -0.1) is 0 Å². The van der Waals surface area contributed by atoms with E-state index in [0.717, 1.165) is 0 Å². The topological polar surface area (TPSA) is 55.8 Å². The molecule has 98 valence electrons. The van der Waals surface area contributed by atoms with Gasteiger partial charge in [0.2, 0.25) is 6.79 Å². The predicted molar refractivity (Wildman–Crippen MR) is 70.5 cm³/mol. The van der Waals surface area contributed by atoms with Crippen molar-refractivity contribution in [3.05, 3.63) is 48.0 Å². The lowest BCUT2D eigenvalue weighted by Gasteiger charge is -2.16. The lowest BCUT2D eigenvalue weighted by atomic mass is 10.1. The van der Waals surface area contributed by atoms with E-state index in [1.54, 1.807) is 42.5 Å². The van der Waals surface area contributed by atoms with E-state index in [1.807, 2.05) is 0 Å². The number of ether oxygens (including phenoxy) is 2. The summed E-state index contributed by atoms with van der Waals surface area (Å²) in [6.45, 7) is 0.169. The van der Waals surface area contributed by atoms with Crippen molar-refractivity contribution in [3.63, 3.8) is 0 Å². The molecule has 2 aliphatic heterocycles. The molecule has 0 unspecified atom stereocenters. The molecule has 4 rings (SSSR count). The first kappa shape index (κ1) is 11.0. The zero-order valence-corrected chi connectivity index (χ0v) is 10.3. The van der Waals surface area contributed by atoms with E-state index >= 15 is 0 Å². The number of rotatable bonds is 1. The molecule has 0 fully saturated rings. The molecule has 2 aliphatic rings. The smallest absolute Gasteiger partial charge is 0.304 e. The van der Waals surface area contributed by atoms with Crippen molar-refractivity contribution in [1.29, 1.82) is 0 Å². The summed E-state index contributed by atoms with van der Waals surface area (Å²) >= 11 is 0. The molecular formula is C15H9NO4. The van der Waals surface area contributed by atoms with Crippen LogP contribution in [0.2, 0.25) is 0 Å². The Hall–Kier alpha value is -2.82. The Morgan fingerprint density at radius 3 is 2.65 bits per heavy atom. The fraction of sp³-hybridized carbons (Fsp3) is 0.0667. The van der Waals surface area contributed by atoms with Gasteiger partial charge in [0.25, 0.3) is 5.78 Å². The first-order chi connectivity index (χ1) is 9.75. The Bertz CT molecular complexity index is 753. The molecular weight excluding hydrogens is 258 g/mol. The van der Waals surface area contributed by atoms with Crippen LogP contribution in [0.15, 0.2) is 42.5 Å². The van der Waals surface area contributed by atoms with Crippen molar-refractivity contribution in [3.8, 4) is 11.5 Å². The number of hydrogen-bond acceptors (Lipinski definition) is 4. The summed E-state index contributed by atoms with van der Waals surface area (Å²) in [4.78, 5) is 25.5. The molecule has 2 aromatic carbocycles. The number of carbonyl (C=O) groups is 2. The Labute approximate surface area is 114 Å². The summed E-state index contributed by atoms with van der Waals surface area (Å²) in [7, 11) is 0. The van der Waals surface area contributed by atoms with Crippen LogP contribution >= 0.6 is 0 Å². The summed E-state index contributed by atoms with van der Waals surface area (Å²) in [5.41, 5.74) is 1.62. The standard InChI is InChI=1S/C15H9NO4/c17-14-10-3-1-2-4-11(10)16(15(14)18)9-5-6-12-13(7-9)20-8-19-12/h1-7H,8H2. The molecule has 5 heteroatoms. The highest BCUT2D eigenvalue weighted by Crippen LogP contribution is 2.40. The average Bonchev–Trinajstić information content (AvgIpc) is 3.03. The van der Waals surface area contributed by atoms with Crippen molar-refractivity contribution in [2.24, 2.45) is 0 Å². The second-order valence-electron chi connectivity index (χ2n) is 4.52. The van der Waals surface area contributed by atoms with Crippen molar-refractivity contribution < 1.29 is 19.1 Å². The maximum atomic E-state index is 12.2. The third-order valence-electron chi connectivity index (χ3n) is 3.40. The predicted octanol–water partition coefficient (Wildman–Crippen LogP) is 2.28. The molecule has 0 radical (unpaired) electrons. The van der Waals surface area contributed by atoms with E-state index in [2.05, 4.69) is 0 Å². The van der Waals surface area contributed by atoms with Crippen LogP contribution in [-0.4, -0.2) is 18.5 Å². The quantitative estimate of drug-likeness (QED) is 0.744. The second kappa shape index (κ2) is 3.84. The van der Waals surface area contributed by atoms with Gasteiger partial charge in [0.1, 0.15) is 0 Å². The minimum atomic E-state index is -0.551. The Kier molecular flexibility index (Phi) is 2.12. The highest BCUT2D eigenvalue weighted by molar-refractivity contribution is 6.53. The molecule has 2 heterocycles. The molecule has 0 saturated carbocycles. The van der Waals surface area contributed by atoms with Gasteiger partial charge in [0.15, 0.2) is 11.5 Å². The van der Waals surface area contributed by atoms with Crippen LogP contribution in [0.3, 0.4) is 0 Å². The third-order valence-corrected chi connectivity index (χ3v) is 3.40. The lowest BCUT2D eigenvalue weighted by molar-refractivity contribution is -0.113. The zero-order valence-electron chi connectivity index (χ0n) is 10.3. The molecule has 0 N–H and O–H groups in total. The van der Waals surface area contributed by atoms with Crippen molar-refractivity contribution in [1.82, 2.24) is 0 Å². The number of Topliss-reactive ketones (excluding diaryl/α,β-unsaturated/α-hetero) is 1. The molecule has 1 amide bonds. The molecule has 0 saturated heterocycles. The van der Waals surface area contributed by atoms with E-state index in [4.69, 9.17) is 9.47 Å². The van der Waals surface area contributed by atoms with E-state index in [0.29, 0.717) is 28.4 Å². The zero-order chi connectivity index (χ0) is 13.7. The van der Waals surface area contributed by atoms with Gasteiger partial charge in [-0.3, -0.25) is 14.5 Å². The van der Waals surface area contributed by atoms with E-state index in [9.17, 15) is 9.59 Å². The molecule has 5 nitrogen and oxygen atoms in total. The number of para-hydroxylation sites is 1. The number of ketones is 1. The van der Waals surface area contributed by atoms with Gasteiger partial charge < -0.3 is 9.47 Å². The molecule has 2 aromatic rings. The van der Waals surface area contributed by atoms with Crippen LogP contribution in [0, 0.1) is 0 Å². The maximum absolute atomic E-state index is 12.2. The lowest BCUT2D eigenvalue weighted by Crippen LogP contribution is -2.24. The number of fused-ring (bicyclic) bond motifs is 2. The molecule has 20 heavy (non-hydrogen) atoms. The summed E-state index contributed by atoms with van der Waals surface area (Å²) < 4.78 is 10.5. The van der Waals surface area contributed by atoms with Gasteiger partial charge in [-0.1, -0.05) is 12.1 Å². The fourth-order valence-electron chi connectivity index (χ4n) is 2.47. The van der Waals surface area contributed by atoms with Gasteiger partial charge in [-0.2, -0.15) is 0 Å². The van der Waals surface area contributed by atoms with Crippen molar-refractivity contribution in [2.75, 3.05) is 11.7 Å². The van der Waals surface area contributed by atoms with Crippen LogP contribution in [0.5, 0.6) is 11.5 Å². The number of nitrogens with zero attached hydrogens (tertiary/aromatic N) is 1. The van der Waals surface area contributed by atoms with Crippen LogP contribution < -0.4 is 14.4 Å². The maximum Gasteiger partial charge on any atom is 0.304 e. The minimum absolute atomic E-state index is 0.169. The highest BCUT2D eigenvalue weighted by atomic mass is 16.7. The number of carbonyl (C=O) groups excluding carboxylic acids is 2. The molecule has 0 aromatic heterocycles. The number of benzene rings is 2. The monoisotopic (exact) mass is 267 g/mol. The van der Waals surface area contributed by atoms with E-state index in [1.165, 1.54) is 4.90 Å². The summed E-state index contributed by atoms with van der Waals surface area (Å²) in [6.07, 6.45) is 0. The minimum Gasteiger partial charge on any atom is -0.454 e. The molecule has 0 bridgehead atoms. The number of amides is 1. The largest absolute Gasteiger partial charge is 0.454 e. The Morgan fingerprint density at radius 2 is 1.75 bits per heavy atom. The van der Waals surface area contributed by atoms with Crippen LogP contribution in [0.1, 0.15) is 10.4 Å². The van der Waals surface area contributed by atoms with Crippen molar-refractivity contribution in [2.45, 2.75) is 0 Å². The van der Waals surface area contributed by atoms with E-state index < -0.39 is 11.7 Å². The average molecular weight is 267 g/mol. The van der Waals surface area contributed by atoms with Gasteiger partial charge >= 0.3 is 5.91 Å². The van der Waals surface area contributed by atoms with Gasteiger partial charge in [-0.05, 0) is 24.3 Å². The summed E-state index contributed by atoms with van der Waals surface area (Å²) in [5, 5.41) is 0. The number of anilines is 2. The third kappa shape index (κ3) is 1.37. The normalized spacial score (nSPS) is 15.7. The SMILES string of the molecule is O=C1C(=O)N(c2ccc3c(c2)OCO3)c2ccccc21. The van der Waals surface area contributed by atoms with E-state index in [-0.39, 0.29) is 6.79 Å². The molecule has 0 atom stereocenters. The van der Waals surface area contributed by atoms with Gasteiger partial charge in [-0.25, -0.2) is 0 Å². The van der Waals surface area contributed by atoms with Crippen LogP contribution in [-0.2, 0) is 4.79 Å². The van der Waals surface area contributed by atoms with Gasteiger partial charge in [0, 0.05) is 6.07 Å². The summed E-state index contributed by atoms with van der Waals surface area (Å²) in [6, 6.07) is 12.1. The highest BCUT2D eigenvalue weighted by Gasteiger charge is 2.36. The first-order valence-electron chi connectivity index (χ1n) is 6.13. The Morgan fingerprint density at radius 1 is 0.950 bits per heavy atom. The van der Waals surface area contributed by atoms with Crippen LogP contribution in [0.4, 0.5) is 11.4 Å². The second-order valence-corrected chi connectivity index (χ2v) is 4.52. The number of hydrogen-bond donors (Lipinski definition) is 0.